The third kappa shape index (κ3) is 4.45. The molecular formula is C24H20N4O3. The van der Waals surface area contributed by atoms with Crippen LogP contribution in [0.2, 0.25) is 0 Å². The lowest BCUT2D eigenvalue weighted by Gasteiger charge is -2.17. The van der Waals surface area contributed by atoms with Crippen LogP contribution in [-0.4, -0.2) is 29.3 Å². The SMILES string of the molecule is C=C1c2ccccc2C(=O)N1CC(=O)Nc1cccc(NC(=O)Nc2ccccc2)c1. The molecule has 1 heterocycles. The van der Waals surface area contributed by atoms with Gasteiger partial charge in [-0.1, -0.05) is 49.0 Å². The number of carbonyl (C=O) groups is 3. The Kier molecular flexibility index (Phi) is 5.49. The lowest BCUT2D eigenvalue weighted by molar-refractivity contribution is -0.116. The molecule has 0 saturated carbocycles. The molecule has 0 aliphatic carbocycles. The Morgan fingerprint density at radius 3 is 2.03 bits per heavy atom. The number of hydrogen-bond donors (Lipinski definition) is 3. The predicted molar refractivity (Wildman–Crippen MR) is 121 cm³/mol. The summed E-state index contributed by atoms with van der Waals surface area (Å²) in [5.41, 5.74) is 3.45. The molecule has 4 rings (SSSR count). The molecule has 0 saturated heterocycles. The third-order valence-electron chi connectivity index (χ3n) is 4.78. The molecular weight excluding hydrogens is 392 g/mol. The van der Waals surface area contributed by atoms with Crippen molar-refractivity contribution in [3.8, 4) is 0 Å². The molecule has 0 atom stereocenters. The van der Waals surface area contributed by atoms with E-state index in [4.69, 9.17) is 0 Å². The maximum absolute atomic E-state index is 12.6. The minimum absolute atomic E-state index is 0.154. The number of amides is 4. The predicted octanol–water partition coefficient (Wildman–Crippen LogP) is 4.40. The van der Waals surface area contributed by atoms with Crippen LogP contribution in [0.15, 0.2) is 85.4 Å². The fourth-order valence-corrected chi connectivity index (χ4v) is 3.34. The highest BCUT2D eigenvalue weighted by Crippen LogP contribution is 2.30. The summed E-state index contributed by atoms with van der Waals surface area (Å²) in [6, 6.07) is 22.6. The van der Waals surface area contributed by atoms with E-state index in [1.807, 2.05) is 30.3 Å². The van der Waals surface area contributed by atoms with E-state index >= 15 is 0 Å². The number of para-hydroxylation sites is 1. The van der Waals surface area contributed by atoms with E-state index in [2.05, 4.69) is 22.5 Å². The van der Waals surface area contributed by atoms with Gasteiger partial charge >= 0.3 is 6.03 Å². The van der Waals surface area contributed by atoms with E-state index in [0.29, 0.717) is 28.3 Å². The summed E-state index contributed by atoms with van der Waals surface area (Å²) in [6.07, 6.45) is 0. The molecule has 7 nitrogen and oxygen atoms in total. The van der Waals surface area contributed by atoms with Crippen molar-refractivity contribution in [2.24, 2.45) is 0 Å². The van der Waals surface area contributed by atoms with E-state index in [0.717, 1.165) is 5.56 Å². The van der Waals surface area contributed by atoms with E-state index in [9.17, 15) is 14.4 Å². The zero-order valence-corrected chi connectivity index (χ0v) is 16.6. The molecule has 0 aromatic heterocycles. The van der Waals surface area contributed by atoms with Crippen LogP contribution >= 0.6 is 0 Å². The summed E-state index contributed by atoms with van der Waals surface area (Å²) in [4.78, 5) is 38.6. The molecule has 7 heteroatoms. The number of nitrogens with zero attached hydrogens (tertiary/aromatic N) is 1. The largest absolute Gasteiger partial charge is 0.324 e. The second-order valence-electron chi connectivity index (χ2n) is 6.96. The first-order valence-electron chi connectivity index (χ1n) is 9.64. The summed E-state index contributed by atoms with van der Waals surface area (Å²) in [6.45, 7) is 3.78. The van der Waals surface area contributed by atoms with Gasteiger partial charge in [0, 0.05) is 33.9 Å². The number of carbonyl (C=O) groups excluding carboxylic acids is 3. The molecule has 0 spiro atoms. The Hall–Kier alpha value is -4.39. The van der Waals surface area contributed by atoms with E-state index < -0.39 is 6.03 Å². The molecule has 3 aromatic rings. The van der Waals surface area contributed by atoms with Crippen LogP contribution in [0.25, 0.3) is 5.70 Å². The highest BCUT2D eigenvalue weighted by molar-refractivity contribution is 6.11. The Balaban J connectivity index is 1.37. The van der Waals surface area contributed by atoms with Crippen molar-refractivity contribution in [3.63, 3.8) is 0 Å². The van der Waals surface area contributed by atoms with Gasteiger partial charge in [0.15, 0.2) is 0 Å². The van der Waals surface area contributed by atoms with Crippen LogP contribution in [0.3, 0.4) is 0 Å². The molecule has 4 amide bonds. The van der Waals surface area contributed by atoms with Gasteiger partial charge in [0.1, 0.15) is 6.54 Å². The van der Waals surface area contributed by atoms with Gasteiger partial charge in [-0.15, -0.1) is 0 Å². The summed E-state index contributed by atoms with van der Waals surface area (Å²) >= 11 is 0. The average molecular weight is 412 g/mol. The molecule has 3 N–H and O–H groups in total. The van der Waals surface area contributed by atoms with Crippen molar-refractivity contribution in [1.29, 1.82) is 0 Å². The molecule has 31 heavy (non-hydrogen) atoms. The number of fused-ring (bicyclic) bond motifs is 1. The fourth-order valence-electron chi connectivity index (χ4n) is 3.34. The van der Waals surface area contributed by atoms with Crippen LogP contribution in [0.1, 0.15) is 15.9 Å². The van der Waals surface area contributed by atoms with Crippen molar-refractivity contribution in [2.45, 2.75) is 0 Å². The Bertz CT molecular complexity index is 1140. The van der Waals surface area contributed by atoms with E-state index in [1.165, 1.54) is 4.90 Å². The number of anilines is 3. The first-order chi connectivity index (χ1) is 15.0. The Labute approximate surface area is 179 Å². The van der Waals surface area contributed by atoms with Crippen molar-refractivity contribution in [1.82, 2.24) is 4.90 Å². The van der Waals surface area contributed by atoms with Crippen molar-refractivity contribution in [2.75, 3.05) is 22.5 Å². The molecule has 0 fully saturated rings. The molecule has 0 radical (unpaired) electrons. The van der Waals surface area contributed by atoms with Crippen molar-refractivity contribution in [3.05, 3.63) is 96.6 Å². The minimum atomic E-state index is -0.397. The van der Waals surface area contributed by atoms with E-state index in [1.54, 1.807) is 48.5 Å². The molecule has 1 aliphatic rings. The number of rotatable bonds is 5. The zero-order valence-electron chi connectivity index (χ0n) is 16.6. The first kappa shape index (κ1) is 19.9. The zero-order chi connectivity index (χ0) is 21.8. The Morgan fingerprint density at radius 1 is 0.742 bits per heavy atom. The summed E-state index contributed by atoms with van der Waals surface area (Å²) < 4.78 is 0. The molecule has 0 bridgehead atoms. The smallest absolute Gasteiger partial charge is 0.323 e. The van der Waals surface area contributed by atoms with Crippen molar-refractivity contribution < 1.29 is 14.4 Å². The number of urea groups is 1. The van der Waals surface area contributed by atoms with Gasteiger partial charge in [0.2, 0.25) is 5.91 Å². The van der Waals surface area contributed by atoms with Gasteiger partial charge in [0.25, 0.3) is 5.91 Å². The van der Waals surface area contributed by atoms with E-state index in [-0.39, 0.29) is 18.4 Å². The second kappa shape index (κ2) is 8.54. The second-order valence-corrected chi connectivity index (χ2v) is 6.96. The van der Waals surface area contributed by atoms with Gasteiger partial charge in [-0.05, 0) is 36.4 Å². The van der Waals surface area contributed by atoms with Crippen LogP contribution in [0, 0.1) is 0 Å². The van der Waals surface area contributed by atoms with Gasteiger partial charge < -0.3 is 16.0 Å². The molecule has 3 aromatic carbocycles. The summed E-state index contributed by atoms with van der Waals surface area (Å²) in [5, 5.41) is 8.20. The standard InChI is InChI=1S/C24H20N4O3/c1-16-20-12-5-6-13-21(20)23(30)28(16)15-22(29)25-18-10-7-11-19(14-18)27-24(31)26-17-8-3-2-4-9-17/h2-14H,1,15H2,(H,25,29)(H2,26,27,31). The van der Waals surface area contributed by atoms with Gasteiger partial charge in [-0.2, -0.15) is 0 Å². The quantitative estimate of drug-likeness (QED) is 0.580. The number of nitrogens with one attached hydrogen (secondary N) is 3. The van der Waals surface area contributed by atoms with Crippen LogP contribution < -0.4 is 16.0 Å². The van der Waals surface area contributed by atoms with Crippen LogP contribution in [0.4, 0.5) is 21.9 Å². The van der Waals surface area contributed by atoms with Gasteiger partial charge in [-0.25, -0.2) is 4.79 Å². The van der Waals surface area contributed by atoms with Crippen LogP contribution in [-0.2, 0) is 4.79 Å². The van der Waals surface area contributed by atoms with Gasteiger partial charge in [0.05, 0.1) is 0 Å². The first-order valence-corrected chi connectivity index (χ1v) is 9.64. The average Bonchev–Trinajstić information content (AvgIpc) is 3.00. The fraction of sp³-hybridized carbons (Fsp3) is 0.0417. The van der Waals surface area contributed by atoms with Gasteiger partial charge in [-0.3, -0.25) is 14.5 Å². The lowest BCUT2D eigenvalue weighted by Crippen LogP contribution is -2.32. The number of benzene rings is 3. The monoisotopic (exact) mass is 412 g/mol. The minimum Gasteiger partial charge on any atom is -0.324 e. The summed E-state index contributed by atoms with van der Waals surface area (Å²) in [7, 11) is 0. The Morgan fingerprint density at radius 2 is 1.32 bits per heavy atom. The summed E-state index contributed by atoms with van der Waals surface area (Å²) in [5.74, 6) is -0.614. The number of hydrogen-bond acceptors (Lipinski definition) is 3. The lowest BCUT2D eigenvalue weighted by atomic mass is 10.1. The maximum Gasteiger partial charge on any atom is 0.323 e. The highest BCUT2D eigenvalue weighted by atomic mass is 16.2. The topological polar surface area (TPSA) is 90.5 Å². The molecule has 0 unspecified atom stereocenters. The normalized spacial score (nSPS) is 12.3. The van der Waals surface area contributed by atoms with Crippen LogP contribution in [0.5, 0.6) is 0 Å². The third-order valence-corrected chi connectivity index (χ3v) is 4.78. The maximum atomic E-state index is 12.6. The molecule has 1 aliphatic heterocycles. The highest BCUT2D eigenvalue weighted by Gasteiger charge is 2.31. The molecule has 154 valence electrons. The van der Waals surface area contributed by atoms with Crippen molar-refractivity contribution >= 4 is 40.6 Å².